The maximum absolute atomic E-state index is 4.26. The van der Waals surface area contributed by atoms with Gasteiger partial charge in [-0.15, -0.1) is 0 Å². The first kappa shape index (κ1) is 13.8. The molecular weight excluding hydrogens is 234 g/mol. The molecule has 0 bridgehead atoms. The predicted molar refractivity (Wildman–Crippen MR) is 79.1 cm³/mol. The van der Waals surface area contributed by atoms with Crippen LogP contribution >= 0.6 is 0 Å². The van der Waals surface area contributed by atoms with Crippen molar-refractivity contribution in [2.24, 2.45) is 7.05 Å². The number of hydrogen-bond donors (Lipinski definition) is 1. The van der Waals surface area contributed by atoms with Crippen molar-refractivity contribution in [3.8, 4) is 0 Å². The third-order valence-corrected chi connectivity index (χ3v) is 3.92. The zero-order valence-electron chi connectivity index (χ0n) is 12.5. The van der Waals surface area contributed by atoms with Crippen molar-refractivity contribution in [1.82, 2.24) is 15.1 Å². The molecule has 0 aliphatic rings. The Bertz CT molecular complexity index is 582. The molecule has 0 fully saturated rings. The fourth-order valence-electron chi connectivity index (χ4n) is 2.26. The minimum atomic E-state index is 0.867. The van der Waals surface area contributed by atoms with Crippen LogP contribution in [0, 0.1) is 27.7 Å². The Balaban J connectivity index is 2.00. The van der Waals surface area contributed by atoms with Gasteiger partial charge in [-0.05, 0) is 49.9 Å². The van der Waals surface area contributed by atoms with Gasteiger partial charge in [0.1, 0.15) is 0 Å². The van der Waals surface area contributed by atoms with Crippen LogP contribution in [0.25, 0.3) is 0 Å². The molecule has 0 atom stereocenters. The van der Waals surface area contributed by atoms with Crippen LogP contribution in [0.5, 0.6) is 0 Å². The molecule has 0 unspecified atom stereocenters. The topological polar surface area (TPSA) is 29.9 Å². The SMILES string of the molecule is Cc1cc(C)c(CNCc2cnn(C)c2C)cc1C. The maximum atomic E-state index is 4.26. The Morgan fingerprint density at radius 3 is 2.21 bits per heavy atom. The highest BCUT2D eigenvalue weighted by Crippen LogP contribution is 2.15. The third kappa shape index (κ3) is 3.04. The van der Waals surface area contributed by atoms with Gasteiger partial charge in [0.15, 0.2) is 0 Å². The van der Waals surface area contributed by atoms with Gasteiger partial charge in [-0.2, -0.15) is 5.10 Å². The van der Waals surface area contributed by atoms with E-state index in [9.17, 15) is 0 Å². The Hall–Kier alpha value is -1.61. The smallest absolute Gasteiger partial charge is 0.0537 e. The van der Waals surface area contributed by atoms with Crippen LogP contribution in [0.15, 0.2) is 18.3 Å². The first-order valence-corrected chi connectivity index (χ1v) is 6.74. The molecule has 1 N–H and O–H groups in total. The van der Waals surface area contributed by atoms with Crippen molar-refractivity contribution in [3.05, 3.63) is 51.8 Å². The summed E-state index contributed by atoms with van der Waals surface area (Å²) in [6, 6.07) is 4.55. The molecule has 1 heterocycles. The van der Waals surface area contributed by atoms with E-state index in [1.54, 1.807) is 0 Å². The molecule has 0 spiro atoms. The quantitative estimate of drug-likeness (QED) is 0.912. The fourth-order valence-corrected chi connectivity index (χ4v) is 2.26. The summed E-state index contributed by atoms with van der Waals surface area (Å²) in [5, 5.41) is 7.77. The standard InChI is InChI=1S/C16H23N3/c1-11-6-13(3)15(7-12(11)2)8-17-9-16-10-18-19(5)14(16)4/h6-7,10,17H,8-9H2,1-5H3. The van der Waals surface area contributed by atoms with Crippen LogP contribution in [0.3, 0.4) is 0 Å². The van der Waals surface area contributed by atoms with E-state index in [1.807, 2.05) is 17.9 Å². The maximum Gasteiger partial charge on any atom is 0.0537 e. The number of rotatable bonds is 4. The first-order chi connectivity index (χ1) is 8.99. The third-order valence-electron chi connectivity index (χ3n) is 3.92. The summed E-state index contributed by atoms with van der Waals surface area (Å²) in [7, 11) is 1.98. The largest absolute Gasteiger partial charge is 0.308 e. The summed E-state index contributed by atoms with van der Waals surface area (Å²) in [6.45, 7) is 10.4. The van der Waals surface area contributed by atoms with Crippen LogP contribution in [-0.2, 0) is 20.1 Å². The monoisotopic (exact) mass is 257 g/mol. The fraction of sp³-hybridized carbons (Fsp3) is 0.438. The van der Waals surface area contributed by atoms with E-state index >= 15 is 0 Å². The number of benzene rings is 1. The Labute approximate surface area is 115 Å². The van der Waals surface area contributed by atoms with Crippen molar-refractivity contribution < 1.29 is 0 Å². The number of aryl methyl sites for hydroxylation is 4. The molecule has 0 aliphatic carbocycles. The molecule has 3 nitrogen and oxygen atoms in total. The zero-order chi connectivity index (χ0) is 14.0. The number of aromatic nitrogens is 2. The summed E-state index contributed by atoms with van der Waals surface area (Å²) in [6.07, 6.45) is 1.94. The summed E-state index contributed by atoms with van der Waals surface area (Å²) < 4.78 is 1.91. The molecule has 0 amide bonds. The van der Waals surface area contributed by atoms with Gasteiger partial charge in [0.2, 0.25) is 0 Å². The van der Waals surface area contributed by atoms with Crippen LogP contribution in [0.1, 0.15) is 33.5 Å². The molecule has 0 saturated heterocycles. The van der Waals surface area contributed by atoms with E-state index < -0.39 is 0 Å². The molecule has 19 heavy (non-hydrogen) atoms. The number of hydrogen-bond acceptors (Lipinski definition) is 2. The van der Waals surface area contributed by atoms with Gasteiger partial charge < -0.3 is 5.32 Å². The highest BCUT2D eigenvalue weighted by atomic mass is 15.3. The second-order valence-electron chi connectivity index (χ2n) is 5.35. The normalized spacial score (nSPS) is 11.0. The van der Waals surface area contributed by atoms with E-state index in [4.69, 9.17) is 0 Å². The van der Waals surface area contributed by atoms with Gasteiger partial charge in [0.05, 0.1) is 6.20 Å². The highest BCUT2D eigenvalue weighted by molar-refractivity contribution is 5.36. The minimum Gasteiger partial charge on any atom is -0.308 e. The lowest BCUT2D eigenvalue weighted by Gasteiger charge is -2.11. The average Bonchev–Trinajstić information content (AvgIpc) is 2.67. The Morgan fingerprint density at radius 1 is 0.947 bits per heavy atom. The lowest BCUT2D eigenvalue weighted by Crippen LogP contribution is -2.14. The molecule has 3 heteroatoms. The lowest BCUT2D eigenvalue weighted by atomic mass is 10.0. The molecule has 1 aromatic heterocycles. The van der Waals surface area contributed by atoms with Crippen LogP contribution in [0.2, 0.25) is 0 Å². The van der Waals surface area contributed by atoms with Crippen molar-refractivity contribution in [2.75, 3.05) is 0 Å². The summed E-state index contributed by atoms with van der Waals surface area (Å²) in [5.41, 5.74) is 7.96. The molecule has 0 saturated carbocycles. The van der Waals surface area contributed by atoms with Gasteiger partial charge in [-0.25, -0.2) is 0 Å². The highest BCUT2D eigenvalue weighted by Gasteiger charge is 2.05. The van der Waals surface area contributed by atoms with E-state index in [2.05, 4.69) is 50.2 Å². The summed E-state index contributed by atoms with van der Waals surface area (Å²) in [4.78, 5) is 0. The lowest BCUT2D eigenvalue weighted by molar-refractivity contribution is 0.682. The van der Waals surface area contributed by atoms with E-state index in [0.717, 1.165) is 13.1 Å². The molecule has 102 valence electrons. The molecular formula is C16H23N3. The Kier molecular flexibility index (Phi) is 4.05. The molecule has 1 aromatic carbocycles. The van der Waals surface area contributed by atoms with Crippen molar-refractivity contribution in [2.45, 2.75) is 40.8 Å². The average molecular weight is 257 g/mol. The second-order valence-corrected chi connectivity index (χ2v) is 5.35. The van der Waals surface area contributed by atoms with Crippen LogP contribution in [-0.4, -0.2) is 9.78 Å². The van der Waals surface area contributed by atoms with E-state index in [0.29, 0.717) is 0 Å². The number of nitrogens with zero attached hydrogens (tertiary/aromatic N) is 2. The number of nitrogens with one attached hydrogen (secondary N) is 1. The first-order valence-electron chi connectivity index (χ1n) is 6.74. The van der Waals surface area contributed by atoms with Gasteiger partial charge in [-0.3, -0.25) is 4.68 Å². The molecule has 2 rings (SSSR count). The van der Waals surface area contributed by atoms with Gasteiger partial charge in [0.25, 0.3) is 0 Å². The molecule has 0 radical (unpaired) electrons. The molecule has 0 aliphatic heterocycles. The van der Waals surface area contributed by atoms with Gasteiger partial charge in [-0.1, -0.05) is 12.1 Å². The van der Waals surface area contributed by atoms with Crippen LogP contribution in [0.4, 0.5) is 0 Å². The van der Waals surface area contributed by atoms with Crippen molar-refractivity contribution >= 4 is 0 Å². The zero-order valence-corrected chi connectivity index (χ0v) is 12.5. The Morgan fingerprint density at radius 2 is 1.58 bits per heavy atom. The van der Waals surface area contributed by atoms with Gasteiger partial charge >= 0.3 is 0 Å². The van der Waals surface area contributed by atoms with E-state index in [1.165, 1.54) is 33.5 Å². The van der Waals surface area contributed by atoms with E-state index in [-0.39, 0.29) is 0 Å². The second kappa shape index (κ2) is 5.57. The van der Waals surface area contributed by atoms with Gasteiger partial charge in [0, 0.05) is 31.4 Å². The van der Waals surface area contributed by atoms with Crippen molar-refractivity contribution in [1.29, 1.82) is 0 Å². The summed E-state index contributed by atoms with van der Waals surface area (Å²) in [5.74, 6) is 0. The molecule has 2 aromatic rings. The summed E-state index contributed by atoms with van der Waals surface area (Å²) >= 11 is 0. The van der Waals surface area contributed by atoms with Crippen molar-refractivity contribution in [3.63, 3.8) is 0 Å². The predicted octanol–water partition coefficient (Wildman–Crippen LogP) is 2.94. The minimum absolute atomic E-state index is 0.867. The van der Waals surface area contributed by atoms with Crippen LogP contribution < -0.4 is 5.32 Å².